The predicted molar refractivity (Wildman–Crippen MR) is 93.9 cm³/mol. The lowest BCUT2D eigenvalue weighted by Gasteiger charge is -2.43. The monoisotopic (exact) mass is 355 g/mol. The molecule has 0 aromatic carbocycles. The first-order valence-corrected chi connectivity index (χ1v) is 8.67. The molecule has 0 radical (unpaired) electrons. The van der Waals surface area contributed by atoms with Crippen LogP contribution in [0.15, 0.2) is 43.2 Å². The number of anilines is 1. The summed E-state index contributed by atoms with van der Waals surface area (Å²) in [4.78, 5) is 29.1. The Balaban J connectivity index is 1.53. The summed E-state index contributed by atoms with van der Waals surface area (Å²) >= 11 is 0. The lowest BCUT2D eigenvalue weighted by atomic mass is 10.0. The van der Waals surface area contributed by atoms with Crippen molar-refractivity contribution in [3.63, 3.8) is 0 Å². The molecule has 4 heterocycles. The Bertz CT molecular complexity index is 745. The fourth-order valence-corrected chi connectivity index (χ4v) is 3.45. The van der Waals surface area contributed by atoms with Gasteiger partial charge in [0.1, 0.15) is 11.9 Å². The number of hydrogen-bond acceptors (Lipinski definition) is 7. The number of aromatic nitrogens is 3. The minimum atomic E-state index is -0.567. The van der Waals surface area contributed by atoms with E-state index in [4.69, 9.17) is 9.47 Å². The average Bonchev–Trinajstić information content (AvgIpc) is 2.91. The van der Waals surface area contributed by atoms with Crippen molar-refractivity contribution >= 4 is 11.6 Å². The first-order chi connectivity index (χ1) is 12.8. The molecule has 0 bridgehead atoms. The van der Waals surface area contributed by atoms with Gasteiger partial charge in [-0.15, -0.1) is 0 Å². The van der Waals surface area contributed by atoms with Crippen LogP contribution in [-0.2, 0) is 9.47 Å². The molecule has 1 atom stereocenters. The SMILES string of the molecule is O=C(c1cccnc1)N1CCO[C@]2(COCCN(c3cncnc3)C2)C1. The summed E-state index contributed by atoms with van der Waals surface area (Å²) in [6.07, 6.45) is 8.35. The van der Waals surface area contributed by atoms with Gasteiger partial charge in [0, 0.05) is 25.5 Å². The van der Waals surface area contributed by atoms with Crippen LogP contribution in [0.5, 0.6) is 0 Å². The van der Waals surface area contributed by atoms with Crippen LogP contribution in [0.4, 0.5) is 5.69 Å². The highest BCUT2D eigenvalue weighted by molar-refractivity contribution is 5.94. The largest absolute Gasteiger partial charge is 0.376 e. The van der Waals surface area contributed by atoms with Crippen LogP contribution in [-0.4, -0.2) is 77.4 Å². The van der Waals surface area contributed by atoms with Crippen LogP contribution in [0.3, 0.4) is 0 Å². The summed E-state index contributed by atoms with van der Waals surface area (Å²) in [5.74, 6) is -0.0281. The van der Waals surface area contributed by atoms with Gasteiger partial charge < -0.3 is 19.3 Å². The zero-order valence-electron chi connectivity index (χ0n) is 14.5. The topological polar surface area (TPSA) is 80.7 Å². The van der Waals surface area contributed by atoms with Gasteiger partial charge in [0.05, 0.1) is 56.6 Å². The van der Waals surface area contributed by atoms with E-state index in [-0.39, 0.29) is 5.91 Å². The first kappa shape index (κ1) is 16.9. The van der Waals surface area contributed by atoms with Crippen molar-refractivity contribution in [2.45, 2.75) is 5.60 Å². The maximum absolute atomic E-state index is 12.8. The molecular formula is C18H21N5O3. The second kappa shape index (κ2) is 7.35. The molecule has 2 aliphatic heterocycles. The molecule has 0 saturated carbocycles. The van der Waals surface area contributed by atoms with E-state index in [0.29, 0.717) is 45.0 Å². The second-order valence-electron chi connectivity index (χ2n) is 6.57. The highest BCUT2D eigenvalue weighted by Crippen LogP contribution is 2.26. The standard InChI is InChI=1S/C18H21N5O3/c24-17(15-2-1-3-19-8-15)23-5-7-26-18(12-23)11-22(4-6-25-13-18)16-9-20-14-21-10-16/h1-3,8-10,14H,4-7,11-13H2/t18-/m0/s1. The van der Waals surface area contributed by atoms with Crippen LogP contribution < -0.4 is 4.90 Å². The molecular weight excluding hydrogens is 334 g/mol. The van der Waals surface area contributed by atoms with Crippen molar-refractivity contribution in [3.05, 3.63) is 48.8 Å². The van der Waals surface area contributed by atoms with Gasteiger partial charge in [0.2, 0.25) is 0 Å². The van der Waals surface area contributed by atoms with E-state index in [9.17, 15) is 4.79 Å². The van der Waals surface area contributed by atoms with Gasteiger partial charge in [-0.25, -0.2) is 9.97 Å². The van der Waals surface area contributed by atoms with E-state index in [1.54, 1.807) is 36.9 Å². The fourth-order valence-electron chi connectivity index (χ4n) is 3.45. The molecule has 2 saturated heterocycles. The Kier molecular flexibility index (Phi) is 4.77. The van der Waals surface area contributed by atoms with Gasteiger partial charge >= 0.3 is 0 Å². The van der Waals surface area contributed by atoms with Crippen LogP contribution in [0.25, 0.3) is 0 Å². The van der Waals surface area contributed by atoms with E-state index in [0.717, 1.165) is 12.2 Å². The van der Waals surface area contributed by atoms with Crippen molar-refractivity contribution in [1.29, 1.82) is 0 Å². The Morgan fingerprint density at radius 2 is 1.96 bits per heavy atom. The molecule has 2 fully saturated rings. The fraction of sp³-hybridized carbons (Fsp3) is 0.444. The van der Waals surface area contributed by atoms with E-state index >= 15 is 0 Å². The zero-order valence-corrected chi connectivity index (χ0v) is 14.5. The minimum Gasteiger partial charge on any atom is -0.376 e. The van der Waals surface area contributed by atoms with Crippen LogP contribution >= 0.6 is 0 Å². The maximum Gasteiger partial charge on any atom is 0.255 e. The molecule has 2 aromatic rings. The molecule has 26 heavy (non-hydrogen) atoms. The summed E-state index contributed by atoms with van der Waals surface area (Å²) in [6, 6.07) is 3.56. The van der Waals surface area contributed by atoms with Crippen molar-refractivity contribution in [2.75, 3.05) is 50.9 Å². The number of pyridine rings is 1. The Morgan fingerprint density at radius 1 is 1.08 bits per heavy atom. The van der Waals surface area contributed by atoms with Gasteiger partial charge in [-0.2, -0.15) is 0 Å². The maximum atomic E-state index is 12.8. The number of rotatable bonds is 2. The Morgan fingerprint density at radius 3 is 2.77 bits per heavy atom. The van der Waals surface area contributed by atoms with Crippen molar-refractivity contribution in [3.8, 4) is 0 Å². The third-order valence-corrected chi connectivity index (χ3v) is 4.71. The predicted octanol–water partition coefficient (Wildman–Crippen LogP) is 0.620. The van der Waals surface area contributed by atoms with Gasteiger partial charge in [0.15, 0.2) is 0 Å². The van der Waals surface area contributed by atoms with Gasteiger partial charge in [-0.05, 0) is 12.1 Å². The van der Waals surface area contributed by atoms with E-state index < -0.39 is 5.60 Å². The molecule has 8 nitrogen and oxygen atoms in total. The molecule has 0 unspecified atom stereocenters. The third kappa shape index (κ3) is 3.51. The lowest BCUT2D eigenvalue weighted by Crippen LogP contribution is -2.60. The summed E-state index contributed by atoms with van der Waals surface area (Å²) < 4.78 is 12.0. The van der Waals surface area contributed by atoms with Crippen LogP contribution in [0.2, 0.25) is 0 Å². The molecule has 8 heteroatoms. The molecule has 0 N–H and O–H groups in total. The summed E-state index contributed by atoms with van der Waals surface area (Å²) in [7, 11) is 0. The van der Waals surface area contributed by atoms with Crippen molar-refractivity contribution < 1.29 is 14.3 Å². The van der Waals surface area contributed by atoms with Crippen LogP contribution in [0.1, 0.15) is 10.4 Å². The number of carbonyl (C=O) groups excluding carboxylic acids is 1. The molecule has 4 rings (SSSR count). The lowest BCUT2D eigenvalue weighted by molar-refractivity contribution is -0.124. The Labute approximate surface area is 151 Å². The number of ether oxygens (including phenoxy) is 2. The molecule has 1 spiro atoms. The molecule has 2 aromatic heterocycles. The van der Waals surface area contributed by atoms with E-state index in [1.807, 2.05) is 4.90 Å². The first-order valence-electron chi connectivity index (χ1n) is 8.67. The third-order valence-electron chi connectivity index (χ3n) is 4.71. The smallest absolute Gasteiger partial charge is 0.255 e. The molecule has 136 valence electrons. The number of nitrogens with zero attached hydrogens (tertiary/aromatic N) is 5. The van der Waals surface area contributed by atoms with E-state index in [2.05, 4.69) is 19.9 Å². The quantitative estimate of drug-likeness (QED) is 0.781. The normalized spacial score (nSPS) is 23.7. The van der Waals surface area contributed by atoms with Gasteiger partial charge in [0.25, 0.3) is 5.91 Å². The summed E-state index contributed by atoms with van der Waals surface area (Å²) in [5.41, 5.74) is 0.951. The Hall–Kier alpha value is -2.58. The zero-order chi connectivity index (χ0) is 17.8. The number of morpholine rings is 1. The molecule has 2 aliphatic rings. The highest BCUT2D eigenvalue weighted by Gasteiger charge is 2.42. The van der Waals surface area contributed by atoms with Crippen molar-refractivity contribution in [2.24, 2.45) is 0 Å². The van der Waals surface area contributed by atoms with E-state index in [1.165, 1.54) is 6.33 Å². The van der Waals surface area contributed by atoms with Crippen LogP contribution in [0, 0.1) is 0 Å². The highest BCUT2D eigenvalue weighted by atomic mass is 16.5. The van der Waals surface area contributed by atoms with Crippen molar-refractivity contribution in [1.82, 2.24) is 19.9 Å². The summed E-state index contributed by atoms with van der Waals surface area (Å²) in [6.45, 7) is 3.92. The molecule has 1 amide bonds. The average molecular weight is 355 g/mol. The number of amides is 1. The number of carbonyl (C=O) groups is 1. The number of hydrogen-bond donors (Lipinski definition) is 0. The van der Waals surface area contributed by atoms with Gasteiger partial charge in [-0.3, -0.25) is 9.78 Å². The van der Waals surface area contributed by atoms with Gasteiger partial charge in [-0.1, -0.05) is 0 Å². The molecule has 0 aliphatic carbocycles. The second-order valence-corrected chi connectivity index (χ2v) is 6.57. The minimum absolute atomic E-state index is 0.0281. The summed E-state index contributed by atoms with van der Waals surface area (Å²) in [5, 5.41) is 0.